The minimum atomic E-state index is -0.674. The van der Waals surface area contributed by atoms with Crippen molar-refractivity contribution in [3.8, 4) is 16.9 Å². The van der Waals surface area contributed by atoms with Crippen molar-refractivity contribution in [3.63, 3.8) is 0 Å². The number of phenols is 1. The number of carboxylic acids is 1. The molecule has 2 unspecified atom stereocenters. The number of hydrogen-bond acceptors (Lipinski definition) is 2. The van der Waals surface area contributed by atoms with Gasteiger partial charge in [-0.25, -0.2) is 0 Å². The molecule has 0 aliphatic heterocycles. The molecule has 0 bridgehead atoms. The summed E-state index contributed by atoms with van der Waals surface area (Å²) in [4.78, 5) is 10.9. The summed E-state index contributed by atoms with van der Waals surface area (Å²) in [6, 6.07) is 11.6. The molecule has 1 fully saturated rings. The number of allylic oxidation sites excluding steroid dienone is 1. The van der Waals surface area contributed by atoms with E-state index in [0.717, 1.165) is 36.0 Å². The van der Waals surface area contributed by atoms with E-state index >= 15 is 0 Å². The second-order valence-corrected chi connectivity index (χ2v) is 7.71. The molecule has 4 heteroatoms. The van der Waals surface area contributed by atoms with Gasteiger partial charge in [0, 0.05) is 10.6 Å². The number of phenolic OH excluding ortho intramolecular Hbond substituents is 1. The van der Waals surface area contributed by atoms with Gasteiger partial charge in [0.2, 0.25) is 0 Å². The normalized spacial score (nSPS) is 18.5. The number of aryl methyl sites for hydroxylation is 1. The molecule has 0 heterocycles. The molecule has 2 aromatic rings. The monoisotopic (exact) mass is 370 g/mol. The van der Waals surface area contributed by atoms with Crippen molar-refractivity contribution in [1.82, 2.24) is 0 Å². The number of aromatic hydroxyl groups is 1. The third-order valence-corrected chi connectivity index (χ3v) is 5.17. The fourth-order valence-electron chi connectivity index (χ4n) is 3.41. The number of carboxylic acid groups (broad SMARTS) is 1. The van der Waals surface area contributed by atoms with E-state index in [1.807, 2.05) is 31.2 Å². The lowest BCUT2D eigenvalue weighted by Crippen LogP contribution is -2.00. The maximum Gasteiger partial charge on any atom is 0.306 e. The molecule has 3 rings (SSSR count). The van der Waals surface area contributed by atoms with E-state index in [1.54, 1.807) is 12.1 Å². The zero-order chi connectivity index (χ0) is 18.8. The van der Waals surface area contributed by atoms with Gasteiger partial charge in [0.1, 0.15) is 5.75 Å². The molecule has 2 atom stereocenters. The number of halogens is 1. The van der Waals surface area contributed by atoms with Gasteiger partial charge in [-0.3, -0.25) is 4.79 Å². The van der Waals surface area contributed by atoms with Crippen LogP contribution in [-0.2, 0) is 17.6 Å². The zero-order valence-electron chi connectivity index (χ0n) is 14.8. The number of benzene rings is 2. The Morgan fingerprint density at radius 3 is 2.54 bits per heavy atom. The van der Waals surface area contributed by atoms with Gasteiger partial charge < -0.3 is 10.2 Å². The Morgan fingerprint density at radius 1 is 1.27 bits per heavy atom. The summed E-state index contributed by atoms with van der Waals surface area (Å²) < 4.78 is 0. The van der Waals surface area contributed by atoms with Crippen molar-refractivity contribution in [2.45, 2.75) is 32.6 Å². The van der Waals surface area contributed by atoms with Gasteiger partial charge >= 0.3 is 5.97 Å². The molecular formula is C22H23ClO3. The van der Waals surface area contributed by atoms with Crippen molar-refractivity contribution >= 4 is 17.6 Å². The van der Waals surface area contributed by atoms with Crippen LogP contribution in [0.5, 0.6) is 5.75 Å². The Balaban J connectivity index is 1.73. The van der Waals surface area contributed by atoms with Gasteiger partial charge in [-0.15, -0.1) is 0 Å². The Labute approximate surface area is 158 Å². The van der Waals surface area contributed by atoms with E-state index in [1.165, 1.54) is 5.56 Å². The molecule has 136 valence electrons. The van der Waals surface area contributed by atoms with E-state index in [2.05, 4.69) is 6.58 Å². The van der Waals surface area contributed by atoms with Crippen LogP contribution < -0.4 is 0 Å². The van der Waals surface area contributed by atoms with Crippen LogP contribution in [0.15, 0.2) is 48.6 Å². The van der Waals surface area contributed by atoms with E-state index < -0.39 is 5.97 Å². The number of hydrogen-bond donors (Lipinski definition) is 2. The molecular weight excluding hydrogens is 348 g/mol. The van der Waals surface area contributed by atoms with Crippen LogP contribution >= 0.6 is 11.6 Å². The predicted molar refractivity (Wildman–Crippen MR) is 105 cm³/mol. The van der Waals surface area contributed by atoms with Gasteiger partial charge in [0.15, 0.2) is 0 Å². The Bertz CT molecular complexity index is 839. The largest absolute Gasteiger partial charge is 0.507 e. The van der Waals surface area contributed by atoms with Crippen molar-refractivity contribution in [2.24, 2.45) is 11.8 Å². The van der Waals surface area contributed by atoms with Gasteiger partial charge in [-0.05, 0) is 67.3 Å². The van der Waals surface area contributed by atoms with Gasteiger partial charge in [-0.1, -0.05) is 48.0 Å². The first-order chi connectivity index (χ1) is 12.3. The zero-order valence-corrected chi connectivity index (χ0v) is 15.6. The van der Waals surface area contributed by atoms with Gasteiger partial charge in [0.25, 0.3) is 0 Å². The quantitative estimate of drug-likeness (QED) is 0.634. The molecule has 2 N–H and O–H groups in total. The molecule has 0 aromatic heterocycles. The summed E-state index contributed by atoms with van der Waals surface area (Å²) in [5, 5.41) is 20.2. The predicted octanol–water partition coefficient (Wildman–Crippen LogP) is 5.48. The lowest BCUT2D eigenvalue weighted by molar-refractivity contribution is -0.138. The second kappa shape index (κ2) is 7.55. The number of rotatable bonds is 7. The average molecular weight is 371 g/mol. The smallest absolute Gasteiger partial charge is 0.306 e. The summed E-state index contributed by atoms with van der Waals surface area (Å²) in [7, 11) is 0. The highest BCUT2D eigenvalue weighted by Crippen LogP contribution is 2.42. The van der Waals surface area contributed by atoms with Crippen molar-refractivity contribution in [3.05, 3.63) is 64.7 Å². The fraction of sp³-hybridized carbons (Fsp3) is 0.318. The molecule has 2 aromatic carbocycles. The molecule has 0 spiro atoms. The maximum absolute atomic E-state index is 10.9. The second-order valence-electron chi connectivity index (χ2n) is 7.27. The van der Waals surface area contributed by atoms with E-state index in [0.29, 0.717) is 22.9 Å². The average Bonchev–Trinajstić information content (AvgIpc) is 3.36. The highest BCUT2D eigenvalue weighted by atomic mass is 35.5. The molecule has 3 nitrogen and oxygen atoms in total. The molecule has 26 heavy (non-hydrogen) atoms. The molecule has 1 saturated carbocycles. The third-order valence-electron chi connectivity index (χ3n) is 4.95. The highest BCUT2D eigenvalue weighted by molar-refractivity contribution is 6.31. The van der Waals surface area contributed by atoms with Crippen molar-refractivity contribution < 1.29 is 15.0 Å². The van der Waals surface area contributed by atoms with Crippen molar-refractivity contribution in [1.29, 1.82) is 0 Å². The Hall–Kier alpha value is -2.26. The van der Waals surface area contributed by atoms with Crippen LogP contribution in [0.2, 0.25) is 5.02 Å². The summed E-state index contributed by atoms with van der Waals surface area (Å²) in [6.07, 6.45) is 3.16. The maximum atomic E-state index is 10.9. The van der Waals surface area contributed by atoms with Crippen LogP contribution in [0.3, 0.4) is 0 Å². The number of carbonyl (C=O) groups is 1. The Morgan fingerprint density at radius 2 is 1.96 bits per heavy atom. The summed E-state index contributed by atoms with van der Waals surface area (Å²) in [5.74, 6) is -0.266. The summed E-state index contributed by atoms with van der Waals surface area (Å²) >= 11 is 6.23. The van der Waals surface area contributed by atoms with E-state index in [-0.39, 0.29) is 11.7 Å². The summed E-state index contributed by atoms with van der Waals surface area (Å²) in [6.45, 7) is 5.82. The van der Waals surface area contributed by atoms with Crippen molar-refractivity contribution in [2.75, 3.05) is 0 Å². The van der Waals surface area contributed by atoms with Crippen LogP contribution in [0.4, 0.5) is 0 Å². The fourth-order valence-corrected chi connectivity index (χ4v) is 3.65. The lowest BCUT2D eigenvalue weighted by atomic mass is 9.96. The standard InChI is InChI=1S/C22H23ClO3/c1-13(2)9-17-10-18(23)12-19(21(17)24)15-6-3-14(4-7-15)5-8-16-11-20(16)22(25)26/h3-4,6-7,10,12,16,20,24H,1,5,8-9,11H2,2H3,(H,25,26). The van der Waals surface area contributed by atoms with Gasteiger partial charge in [-0.2, -0.15) is 0 Å². The van der Waals surface area contributed by atoms with Crippen LogP contribution in [-0.4, -0.2) is 16.2 Å². The van der Waals surface area contributed by atoms with Crippen LogP contribution in [0, 0.1) is 11.8 Å². The molecule has 0 amide bonds. The first-order valence-electron chi connectivity index (χ1n) is 8.83. The molecule has 1 aliphatic carbocycles. The first kappa shape index (κ1) is 18.5. The lowest BCUT2D eigenvalue weighted by Gasteiger charge is -2.12. The van der Waals surface area contributed by atoms with E-state index in [4.69, 9.17) is 16.7 Å². The molecule has 0 radical (unpaired) electrons. The van der Waals surface area contributed by atoms with Gasteiger partial charge in [0.05, 0.1) is 5.92 Å². The molecule has 1 aliphatic rings. The number of aliphatic carboxylic acids is 1. The topological polar surface area (TPSA) is 57.5 Å². The first-order valence-corrected chi connectivity index (χ1v) is 9.21. The Kier molecular flexibility index (Phi) is 5.38. The molecule has 0 saturated heterocycles. The highest BCUT2D eigenvalue weighted by Gasteiger charge is 2.42. The SMILES string of the molecule is C=C(C)Cc1cc(Cl)cc(-c2ccc(CCC3CC3C(=O)O)cc2)c1O. The summed E-state index contributed by atoms with van der Waals surface area (Å²) in [5.41, 5.74) is 4.54. The van der Waals surface area contributed by atoms with Crippen LogP contribution in [0.1, 0.15) is 30.9 Å². The third kappa shape index (κ3) is 4.28. The minimum absolute atomic E-state index is 0.149. The van der Waals surface area contributed by atoms with Crippen LogP contribution in [0.25, 0.3) is 11.1 Å². The van der Waals surface area contributed by atoms with E-state index in [9.17, 15) is 9.90 Å². The minimum Gasteiger partial charge on any atom is -0.507 e.